The first-order valence-electron chi connectivity index (χ1n) is 8.23. The lowest BCUT2D eigenvalue weighted by Crippen LogP contribution is -2.24. The number of aromatic nitrogens is 2. The molecule has 0 unspecified atom stereocenters. The van der Waals surface area contributed by atoms with E-state index in [1.54, 1.807) is 0 Å². The number of amides is 1. The quantitative estimate of drug-likeness (QED) is 0.775. The molecule has 1 amide bonds. The molecule has 0 bridgehead atoms. The standard InChI is InChI=1S/C19H20N4O/c1-12-9-17-16(22-18(12)20)10-15(23(17)14-7-8-14)11-21-19(24)13-5-3-2-4-6-13/h2-6,9-10,14H,7-8,11H2,1H3,(H2,20,22)(H,21,24). The fraction of sp³-hybridized carbons (Fsp3) is 0.263. The van der Waals surface area contributed by atoms with E-state index in [-0.39, 0.29) is 5.91 Å². The molecule has 24 heavy (non-hydrogen) atoms. The van der Waals surface area contributed by atoms with E-state index in [4.69, 9.17) is 5.73 Å². The lowest BCUT2D eigenvalue weighted by atomic mass is 10.2. The molecule has 0 saturated heterocycles. The second-order valence-corrected chi connectivity index (χ2v) is 6.38. The summed E-state index contributed by atoms with van der Waals surface area (Å²) in [6, 6.07) is 13.9. The average Bonchev–Trinajstić information content (AvgIpc) is 3.37. The number of fused-ring (bicyclic) bond motifs is 1. The molecule has 2 heterocycles. The zero-order valence-electron chi connectivity index (χ0n) is 13.6. The Labute approximate surface area is 140 Å². The molecule has 0 spiro atoms. The number of nitrogens with zero attached hydrogens (tertiary/aromatic N) is 2. The van der Waals surface area contributed by atoms with Crippen molar-refractivity contribution in [2.24, 2.45) is 0 Å². The lowest BCUT2D eigenvalue weighted by Gasteiger charge is -2.11. The fourth-order valence-corrected chi connectivity index (χ4v) is 3.07. The molecule has 4 rings (SSSR count). The predicted octanol–water partition coefficient (Wildman–Crippen LogP) is 3.19. The molecule has 0 aliphatic heterocycles. The molecular weight excluding hydrogens is 300 g/mol. The molecule has 1 aliphatic rings. The highest BCUT2D eigenvalue weighted by Crippen LogP contribution is 2.39. The van der Waals surface area contributed by atoms with Crippen LogP contribution in [0.15, 0.2) is 42.5 Å². The molecule has 1 aliphatic carbocycles. The van der Waals surface area contributed by atoms with Crippen molar-refractivity contribution in [1.82, 2.24) is 14.9 Å². The number of aryl methyl sites for hydroxylation is 1. The molecule has 0 radical (unpaired) electrons. The normalized spacial score (nSPS) is 14.0. The Kier molecular flexibility index (Phi) is 3.49. The third kappa shape index (κ3) is 2.62. The number of nitrogens with one attached hydrogen (secondary N) is 1. The SMILES string of the molecule is Cc1cc2c(cc(CNC(=O)c3ccccc3)n2C2CC2)nc1N. The van der Waals surface area contributed by atoms with Crippen LogP contribution in [0.4, 0.5) is 5.82 Å². The van der Waals surface area contributed by atoms with Crippen LogP contribution < -0.4 is 11.1 Å². The van der Waals surface area contributed by atoms with Crippen molar-refractivity contribution in [3.8, 4) is 0 Å². The maximum absolute atomic E-state index is 12.3. The van der Waals surface area contributed by atoms with Crippen LogP contribution in [0.2, 0.25) is 0 Å². The van der Waals surface area contributed by atoms with Crippen LogP contribution in [0.25, 0.3) is 11.0 Å². The summed E-state index contributed by atoms with van der Waals surface area (Å²) in [5.41, 5.74) is 10.7. The first kappa shape index (κ1) is 14.8. The van der Waals surface area contributed by atoms with Crippen LogP contribution in [-0.4, -0.2) is 15.5 Å². The van der Waals surface area contributed by atoms with Crippen molar-refractivity contribution in [3.05, 3.63) is 59.3 Å². The number of benzene rings is 1. The van der Waals surface area contributed by atoms with Gasteiger partial charge in [-0.1, -0.05) is 18.2 Å². The maximum atomic E-state index is 12.3. The van der Waals surface area contributed by atoms with Crippen LogP contribution >= 0.6 is 0 Å². The van der Waals surface area contributed by atoms with Crippen molar-refractivity contribution in [2.45, 2.75) is 32.4 Å². The number of rotatable bonds is 4. The molecule has 0 atom stereocenters. The Morgan fingerprint density at radius 3 is 2.75 bits per heavy atom. The second kappa shape index (κ2) is 5.67. The minimum atomic E-state index is -0.0631. The summed E-state index contributed by atoms with van der Waals surface area (Å²) >= 11 is 0. The van der Waals surface area contributed by atoms with Gasteiger partial charge in [0.15, 0.2) is 0 Å². The summed E-state index contributed by atoms with van der Waals surface area (Å²) in [6.07, 6.45) is 2.35. The zero-order chi connectivity index (χ0) is 16.7. The van der Waals surface area contributed by atoms with Gasteiger partial charge in [0.2, 0.25) is 0 Å². The Morgan fingerprint density at radius 2 is 2.04 bits per heavy atom. The van der Waals surface area contributed by atoms with E-state index in [1.807, 2.05) is 43.3 Å². The van der Waals surface area contributed by atoms with Gasteiger partial charge in [0.05, 0.1) is 17.6 Å². The van der Waals surface area contributed by atoms with Crippen molar-refractivity contribution in [1.29, 1.82) is 0 Å². The number of hydrogen-bond donors (Lipinski definition) is 2. The van der Waals surface area contributed by atoms with Crippen LogP contribution in [0.1, 0.15) is 40.5 Å². The topological polar surface area (TPSA) is 72.9 Å². The predicted molar refractivity (Wildman–Crippen MR) is 94.8 cm³/mol. The van der Waals surface area contributed by atoms with Crippen molar-refractivity contribution in [2.75, 3.05) is 5.73 Å². The van der Waals surface area contributed by atoms with Gasteiger partial charge in [0, 0.05) is 17.3 Å². The number of carbonyl (C=O) groups excluding carboxylic acids is 1. The van der Waals surface area contributed by atoms with Gasteiger partial charge in [-0.15, -0.1) is 0 Å². The van der Waals surface area contributed by atoms with Gasteiger partial charge in [-0.3, -0.25) is 4.79 Å². The molecule has 3 N–H and O–H groups in total. The van der Waals surface area contributed by atoms with Gasteiger partial charge in [-0.25, -0.2) is 4.98 Å². The van der Waals surface area contributed by atoms with Crippen LogP contribution in [-0.2, 0) is 6.54 Å². The summed E-state index contributed by atoms with van der Waals surface area (Å²) in [6.45, 7) is 2.46. The maximum Gasteiger partial charge on any atom is 0.251 e. The number of nitrogens with two attached hydrogens (primary N) is 1. The Morgan fingerprint density at radius 1 is 1.29 bits per heavy atom. The van der Waals surface area contributed by atoms with Gasteiger partial charge in [-0.05, 0) is 49.6 Å². The smallest absolute Gasteiger partial charge is 0.251 e. The molecular formula is C19H20N4O. The summed E-state index contributed by atoms with van der Waals surface area (Å²) in [7, 11) is 0. The monoisotopic (exact) mass is 320 g/mol. The molecule has 1 fully saturated rings. The largest absolute Gasteiger partial charge is 0.383 e. The Bertz CT molecular complexity index is 910. The van der Waals surface area contributed by atoms with Crippen LogP contribution in [0.5, 0.6) is 0 Å². The second-order valence-electron chi connectivity index (χ2n) is 6.38. The van der Waals surface area contributed by atoms with Crippen LogP contribution in [0.3, 0.4) is 0 Å². The molecule has 1 aromatic carbocycles. The van der Waals surface area contributed by atoms with Gasteiger partial charge in [0.25, 0.3) is 5.91 Å². The third-order valence-electron chi connectivity index (χ3n) is 4.51. The van der Waals surface area contributed by atoms with Crippen molar-refractivity contribution >= 4 is 22.8 Å². The highest BCUT2D eigenvalue weighted by molar-refractivity contribution is 5.94. The van der Waals surface area contributed by atoms with E-state index in [2.05, 4.69) is 20.9 Å². The van der Waals surface area contributed by atoms with Crippen molar-refractivity contribution in [3.63, 3.8) is 0 Å². The average molecular weight is 320 g/mol. The fourth-order valence-electron chi connectivity index (χ4n) is 3.07. The minimum Gasteiger partial charge on any atom is -0.383 e. The van der Waals surface area contributed by atoms with E-state index in [9.17, 15) is 4.79 Å². The van der Waals surface area contributed by atoms with E-state index in [0.717, 1.165) is 22.3 Å². The van der Waals surface area contributed by atoms with Gasteiger partial charge in [0.1, 0.15) is 5.82 Å². The zero-order valence-corrected chi connectivity index (χ0v) is 13.6. The molecule has 2 aromatic heterocycles. The van der Waals surface area contributed by atoms with Crippen molar-refractivity contribution < 1.29 is 4.79 Å². The third-order valence-corrected chi connectivity index (χ3v) is 4.51. The summed E-state index contributed by atoms with van der Waals surface area (Å²) in [4.78, 5) is 16.8. The summed E-state index contributed by atoms with van der Waals surface area (Å²) < 4.78 is 2.31. The van der Waals surface area contributed by atoms with Gasteiger partial charge in [-0.2, -0.15) is 0 Å². The van der Waals surface area contributed by atoms with Gasteiger partial charge >= 0.3 is 0 Å². The first-order valence-corrected chi connectivity index (χ1v) is 8.23. The Hall–Kier alpha value is -2.82. The first-order chi connectivity index (χ1) is 11.6. The number of anilines is 1. The van der Waals surface area contributed by atoms with Gasteiger partial charge < -0.3 is 15.6 Å². The molecule has 5 nitrogen and oxygen atoms in total. The molecule has 1 saturated carbocycles. The highest BCUT2D eigenvalue weighted by Gasteiger charge is 2.28. The van der Waals surface area contributed by atoms with Crippen LogP contribution in [0, 0.1) is 6.92 Å². The van der Waals surface area contributed by atoms with E-state index >= 15 is 0 Å². The number of hydrogen-bond acceptors (Lipinski definition) is 3. The van der Waals surface area contributed by atoms with E-state index in [0.29, 0.717) is 24.0 Å². The lowest BCUT2D eigenvalue weighted by molar-refractivity contribution is 0.0950. The van der Waals surface area contributed by atoms with E-state index in [1.165, 1.54) is 12.8 Å². The molecule has 122 valence electrons. The number of carbonyl (C=O) groups is 1. The number of pyridine rings is 1. The molecule has 3 aromatic rings. The molecule has 5 heteroatoms. The summed E-state index contributed by atoms with van der Waals surface area (Å²) in [5, 5.41) is 3.01. The minimum absolute atomic E-state index is 0.0631. The highest BCUT2D eigenvalue weighted by atomic mass is 16.1. The Balaban J connectivity index is 1.64. The number of nitrogen functional groups attached to an aromatic ring is 1. The van der Waals surface area contributed by atoms with E-state index < -0.39 is 0 Å². The summed E-state index contributed by atoms with van der Waals surface area (Å²) in [5.74, 6) is 0.502.